The number of nitrogens with one attached hydrogen (secondary N) is 1. The Kier molecular flexibility index (Phi) is 4.62. The Morgan fingerprint density at radius 2 is 2.00 bits per heavy atom. The van der Waals surface area contributed by atoms with Gasteiger partial charge in [0.25, 0.3) is 0 Å². The van der Waals surface area contributed by atoms with Crippen molar-refractivity contribution in [3.05, 3.63) is 44.8 Å². The second-order valence-corrected chi connectivity index (χ2v) is 6.92. The molecule has 0 radical (unpaired) electrons. The molecular formula is C17H21N5OS. The minimum atomic E-state index is 0.0263. The first-order valence-electron chi connectivity index (χ1n) is 7.94. The van der Waals surface area contributed by atoms with E-state index in [2.05, 4.69) is 20.4 Å². The first kappa shape index (κ1) is 16.6. The summed E-state index contributed by atoms with van der Waals surface area (Å²) in [5.74, 6) is 0.0263. The van der Waals surface area contributed by atoms with Crippen molar-refractivity contribution in [3.8, 4) is 0 Å². The molecule has 0 unspecified atom stereocenters. The molecule has 126 valence electrons. The number of rotatable bonds is 5. The summed E-state index contributed by atoms with van der Waals surface area (Å²) in [6.07, 6.45) is 1.09. The fourth-order valence-corrected chi connectivity index (χ4v) is 3.50. The molecule has 6 nitrogen and oxygen atoms in total. The molecule has 0 aliphatic rings. The van der Waals surface area contributed by atoms with Crippen LogP contribution in [-0.2, 0) is 17.8 Å². The van der Waals surface area contributed by atoms with Gasteiger partial charge < -0.3 is 5.32 Å². The van der Waals surface area contributed by atoms with Crippen LogP contribution in [0.2, 0.25) is 0 Å². The van der Waals surface area contributed by atoms with Crippen LogP contribution in [0.1, 0.15) is 39.8 Å². The van der Waals surface area contributed by atoms with E-state index in [4.69, 9.17) is 0 Å². The predicted octanol–water partition coefficient (Wildman–Crippen LogP) is 2.67. The zero-order valence-corrected chi connectivity index (χ0v) is 15.2. The molecule has 3 heterocycles. The van der Waals surface area contributed by atoms with Crippen LogP contribution >= 0.6 is 11.3 Å². The van der Waals surface area contributed by atoms with Gasteiger partial charge in [-0.15, -0.1) is 11.3 Å². The third-order valence-corrected chi connectivity index (χ3v) is 4.96. The predicted molar refractivity (Wildman–Crippen MR) is 94.2 cm³/mol. The molecule has 0 aromatic carbocycles. The van der Waals surface area contributed by atoms with Crippen LogP contribution in [0, 0.1) is 27.7 Å². The van der Waals surface area contributed by atoms with Gasteiger partial charge in [-0.2, -0.15) is 5.10 Å². The van der Waals surface area contributed by atoms with E-state index >= 15 is 0 Å². The van der Waals surface area contributed by atoms with E-state index in [1.165, 1.54) is 0 Å². The van der Waals surface area contributed by atoms with Crippen molar-refractivity contribution in [2.45, 2.75) is 47.1 Å². The van der Waals surface area contributed by atoms with Crippen molar-refractivity contribution >= 4 is 22.9 Å². The van der Waals surface area contributed by atoms with Gasteiger partial charge in [0.05, 0.1) is 12.2 Å². The van der Waals surface area contributed by atoms with Crippen LogP contribution in [0.4, 0.5) is 0 Å². The third kappa shape index (κ3) is 3.46. The minimum absolute atomic E-state index is 0.0263. The van der Waals surface area contributed by atoms with Crippen molar-refractivity contribution in [1.82, 2.24) is 24.9 Å². The second-order valence-electron chi connectivity index (χ2n) is 5.98. The highest BCUT2D eigenvalue weighted by atomic mass is 32.1. The van der Waals surface area contributed by atoms with Gasteiger partial charge in [-0.25, -0.2) is 14.5 Å². The minimum Gasteiger partial charge on any atom is -0.350 e. The fraction of sp³-hybridized carbons (Fsp3) is 0.412. The summed E-state index contributed by atoms with van der Waals surface area (Å²) in [7, 11) is 0. The second kappa shape index (κ2) is 6.68. The molecule has 3 aromatic rings. The van der Waals surface area contributed by atoms with E-state index < -0.39 is 0 Å². The van der Waals surface area contributed by atoms with E-state index in [-0.39, 0.29) is 5.91 Å². The number of hydrogen-bond acceptors (Lipinski definition) is 5. The number of aromatic nitrogens is 4. The summed E-state index contributed by atoms with van der Waals surface area (Å²) in [5.41, 5.74) is 5.89. The van der Waals surface area contributed by atoms with Crippen molar-refractivity contribution in [1.29, 1.82) is 0 Å². The Bertz CT molecular complexity index is 896. The average molecular weight is 343 g/mol. The molecule has 24 heavy (non-hydrogen) atoms. The largest absolute Gasteiger partial charge is 0.350 e. The van der Waals surface area contributed by atoms with Crippen LogP contribution in [0.5, 0.6) is 0 Å². The number of hydrogen-bond donors (Lipinski definition) is 1. The molecule has 0 spiro atoms. The van der Waals surface area contributed by atoms with Crippen molar-refractivity contribution < 1.29 is 4.79 Å². The quantitative estimate of drug-likeness (QED) is 0.773. The standard InChI is InChI=1S/C17H21N5OS/c1-10-7-15-20-12(3)14(13(4)22(15)21-10)5-6-16(23)18-8-17-19-11(2)9-24-17/h7,9H,5-6,8H2,1-4H3,(H,18,23). The molecule has 0 aliphatic carbocycles. The first-order chi connectivity index (χ1) is 11.4. The molecule has 0 saturated carbocycles. The molecule has 3 rings (SSSR count). The van der Waals surface area contributed by atoms with Crippen molar-refractivity contribution in [2.75, 3.05) is 0 Å². The molecule has 0 atom stereocenters. The Labute approximate surface area is 145 Å². The Hall–Kier alpha value is -2.28. The summed E-state index contributed by atoms with van der Waals surface area (Å²) in [6, 6.07) is 1.96. The van der Waals surface area contributed by atoms with E-state index in [1.54, 1.807) is 11.3 Å². The lowest BCUT2D eigenvalue weighted by Crippen LogP contribution is -2.23. The van der Waals surface area contributed by atoms with Crippen LogP contribution in [0.3, 0.4) is 0 Å². The summed E-state index contributed by atoms with van der Waals surface area (Å²) >= 11 is 1.57. The molecule has 0 bridgehead atoms. The van der Waals surface area contributed by atoms with Gasteiger partial charge in [-0.05, 0) is 39.7 Å². The summed E-state index contributed by atoms with van der Waals surface area (Å²) in [5, 5.41) is 10.3. The highest BCUT2D eigenvalue weighted by Gasteiger charge is 2.13. The molecular weight excluding hydrogens is 322 g/mol. The number of thiazole rings is 1. The summed E-state index contributed by atoms with van der Waals surface area (Å²) in [4.78, 5) is 21.0. The van der Waals surface area contributed by atoms with Gasteiger partial charge in [0, 0.05) is 34.9 Å². The van der Waals surface area contributed by atoms with E-state index in [0.29, 0.717) is 19.4 Å². The number of amides is 1. The summed E-state index contributed by atoms with van der Waals surface area (Å²) < 4.78 is 1.86. The van der Waals surface area contributed by atoms with Crippen LogP contribution < -0.4 is 5.32 Å². The lowest BCUT2D eigenvalue weighted by atomic mass is 10.1. The van der Waals surface area contributed by atoms with Gasteiger partial charge >= 0.3 is 0 Å². The topological polar surface area (TPSA) is 72.2 Å². The number of carbonyl (C=O) groups excluding carboxylic acids is 1. The smallest absolute Gasteiger partial charge is 0.220 e. The number of nitrogens with zero attached hydrogens (tertiary/aromatic N) is 4. The normalized spacial score (nSPS) is 11.2. The summed E-state index contributed by atoms with van der Waals surface area (Å²) in [6.45, 7) is 8.41. The van der Waals surface area contributed by atoms with Crippen LogP contribution in [0.25, 0.3) is 5.65 Å². The molecule has 7 heteroatoms. The number of carbonyl (C=O) groups is 1. The molecule has 0 saturated heterocycles. The van der Waals surface area contributed by atoms with Gasteiger partial charge in [0.15, 0.2) is 5.65 Å². The molecule has 1 N–H and O–H groups in total. The first-order valence-corrected chi connectivity index (χ1v) is 8.82. The fourth-order valence-electron chi connectivity index (χ4n) is 2.79. The van der Waals surface area contributed by atoms with Gasteiger partial charge in [-0.1, -0.05) is 0 Å². The molecule has 3 aromatic heterocycles. The maximum atomic E-state index is 12.1. The highest BCUT2D eigenvalue weighted by molar-refractivity contribution is 7.09. The maximum Gasteiger partial charge on any atom is 0.220 e. The van der Waals surface area contributed by atoms with E-state index in [1.807, 2.05) is 43.7 Å². The number of aryl methyl sites for hydroxylation is 4. The van der Waals surface area contributed by atoms with Crippen molar-refractivity contribution in [2.24, 2.45) is 0 Å². The van der Waals surface area contributed by atoms with Crippen LogP contribution in [-0.4, -0.2) is 25.5 Å². The number of fused-ring (bicyclic) bond motifs is 1. The monoisotopic (exact) mass is 343 g/mol. The molecule has 0 fully saturated rings. The molecule has 0 aliphatic heterocycles. The van der Waals surface area contributed by atoms with E-state index in [9.17, 15) is 4.79 Å². The van der Waals surface area contributed by atoms with Gasteiger partial charge in [0.1, 0.15) is 5.01 Å². The zero-order chi connectivity index (χ0) is 17.3. The lowest BCUT2D eigenvalue weighted by Gasteiger charge is -2.11. The SMILES string of the molecule is Cc1csc(CNC(=O)CCc2c(C)nc3cc(C)nn3c2C)n1. The van der Waals surface area contributed by atoms with Crippen molar-refractivity contribution in [3.63, 3.8) is 0 Å². The van der Waals surface area contributed by atoms with Gasteiger partial charge in [0.2, 0.25) is 5.91 Å². The Morgan fingerprint density at radius 1 is 1.21 bits per heavy atom. The van der Waals surface area contributed by atoms with E-state index in [0.717, 1.165) is 39.0 Å². The Morgan fingerprint density at radius 3 is 2.71 bits per heavy atom. The maximum absolute atomic E-state index is 12.1. The Balaban J connectivity index is 1.65. The third-order valence-electron chi connectivity index (χ3n) is 3.99. The average Bonchev–Trinajstić information content (AvgIpc) is 3.10. The zero-order valence-electron chi connectivity index (χ0n) is 14.4. The molecule has 1 amide bonds. The van der Waals surface area contributed by atoms with Crippen LogP contribution in [0.15, 0.2) is 11.4 Å². The highest BCUT2D eigenvalue weighted by Crippen LogP contribution is 2.17. The lowest BCUT2D eigenvalue weighted by molar-refractivity contribution is -0.121. The van der Waals surface area contributed by atoms with Gasteiger partial charge in [-0.3, -0.25) is 4.79 Å².